The van der Waals surface area contributed by atoms with Gasteiger partial charge in [0.15, 0.2) is 5.78 Å². The van der Waals surface area contributed by atoms with Gasteiger partial charge in [0.25, 0.3) is 0 Å². The van der Waals surface area contributed by atoms with Gasteiger partial charge in [-0.1, -0.05) is 30.0 Å². The Bertz CT molecular complexity index is 1020. The maximum absolute atomic E-state index is 12.6. The van der Waals surface area contributed by atoms with Crippen molar-refractivity contribution in [1.29, 1.82) is 0 Å². The number of Topliss-reactive ketones (excluding diaryl/α,β-unsaturated/α-hetero) is 1. The number of rotatable bonds is 6. The second-order valence-corrected chi connectivity index (χ2v) is 7.77. The number of hydrogen-bond donors (Lipinski definition) is 0. The van der Waals surface area contributed by atoms with Crippen molar-refractivity contribution in [1.82, 2.24) is 9.78 Å². The summed E-state index contributed by atoms with van der Waals surface area (Å²) < 4.78 is 7.38. The molecule has 7 heteroatoms. The zero-order valence-electron chi connectivity index (χ0n) is 15.8. The molecule has 4 rings (SSSR count). The number of carbonyl (C=O) groups excluding carboxylic acids is 2. The van der Waals surface area contributed by atoms with Gasteiger partial charge in [0.1, 0.15) is 16.5 Å². The smallest absolute Gasteiger partial charge is 0.237 e. The lowest BCUT2D eigenvalue weighted by Gasteiger charge is -2.26. The number of carbonyl (C=O) groups is 2. The molecule has 0 aliphatic carbocycles. The van der Waals surface area contributed by atoms with Crippen LogP contribution in [0.4, 0.5) is 5.69 Å². The summed E-state index contributed by atoms with van der Waals surface area (Å²) in [6, 6.07) is 13.6. The van der Waals surface area contributed by atoms with Crippen LogP contribution in [0.15, 0.2) is 51.9 Å². The predicted octanol–water partition coefficient (Wildman–Crippen LogP) is 3.72. The molecule has 3 aromatic rings. The Morgan fingerprint density at radius 3 is 2.68 bits per heavy atom. The molecule has 3 heterocycles. The van der Waals surface area contributed by atoms with E-state index in [1.165, 1.54) is 11.8 Å². The molecule has 0 saturated heterocycles. The van der Waals surface area contributed by atoms with Gasteiger partial charge in [0, 0.05) is 12.8 Å². The minimum absolute atomic E-state index is 0.00659. The number of ketones is 1. The standard InChI is InChI=1S/C21H21N3O3S/c1-14-8-10-18(27-14)11-9-17(25)12-23-19(26)13-28-21-20(23)15(2)22-24(21)16-6-4-3-5-7-16/h3-8,10H,9,11-13H2,1-2H3. The molecule has 0 atom stereocenters. The Morgan fingerprint density at radius 1 is 1.18 bits per heavy atom. The van der Waals surface area contributed by atoms with E-state index in [1.54, 1.807) is 4.90 Å². The summed E-state index contributed by atoms with van der Waals surface area (Å²) in [7, 11) is 0. The molecular weight excluding hydrogens is 374 g/mol. The maximum Gasteiger partial charge on any atom is 0.237 e. The van der Waals surface area contributed by atoms with Crippen molar-refractivity contribution in [3.8, 4) is 5.69 Å². The Balaban J connectivity index is 1.55. The number of nitrogens with zero attached hydrogens (tertiary/aromatic N) is 3. The molecule has 0 spiro atoms. The van der Waals surface area contributed by atoms with E-state index in [0.29, 0.717) is 18.6 Å². The van der Waals surface area contributed by atoms with Gasteiger partial charge in [-0.2, -0.15) is 5.10 Å². The summed E-state index contributed by atoms with van der Waals surface area (Å²) in [5.41, 5.74) is 2.43. The highest BCUT2D eigenvalue weighted by molar-refractivity contribution is 8.00. The van der Waals surface area contributed by atoms with Gasteiger partial charge in [-0.15, -0.1) is 0 Å². The number of benzene rings is 1. The van der Waals surface area contributed by atoms with Gasteiger partial charge in [-0.05, 0) is 38.1 Å². The van der Waals surface area contributed by atoms with E-state index in [9.17, 15) is 9.59 Å². The molecule has 1 aliphatic heterocycles. The average molecular weight is 395 g/mol. The molecular formula is C21H21N3O3S. The van der Waals surface area contributed by atoms with Crippen LogP contribution in [0.2, 0.25) is 0 Å². The van der Waals surface area contributed by atoms with Crippen molar-refractivity contribution in [2.24, 2.45) is 0 Å². The SMILES string of the molecule is Cc1ccc(CCC(=O)CN2C(=O)CSc3c2c(C)nn3-c2ccccc2)o1. The first-order chi connectivity index (χ1) is 13.5. The number of para-hydroxylation sites is 1. The summed E-state index contributed by atoms with van der Waals surface area (Å²) in [5, 5.41) is 5.53. The zero-order valence-corrected chi connectivity index (χ0v) is 16.7. The molecule has 6 nitrogen and oxygen atoms in total. The molecule has 2 aromatic heterocycles. The third-order valence-electron chi connectivity index (χ3n) is 4.67. The molecule has 1 amide bonds. The Hall–Kier alpha value is -2.80. The fourth-order valence-electron chi connectivity index (χ4n) is 3.32. The fraction of sp³-hybridized carbons (Fsp3) is 0.286. The Labute approximate surface area is 167 Å². The minimum Gasteiger partial charge on any atom is -0.466 e. The number of anilines is 1. The van der Waals surface area contributed by atoms with Crippen LogP contribution in [0, 0.1) is 13.8 Å². The van der Waals surface area contributed by atoms with E-state index in [-0.39, 0.29) is 18.2 Å². The summed E-state index contributed by atoms with van der Waals surface area (Å²) in [5.74, 6) is 1.87. The van der Waals surface area contributed by atoms with Crippen LogP contribution < -0.4 is 4.90 Å². The highest BCUT2D eigenvalue weighted by atomic mass is 32.2. The lowest BCUT2D eigenvalue weighted by atomic mass is 10.1. The molecule has 0 saturated carbocycles. The van der Waals surface area contributed by atoms with Crippen molar-refractivity contribution in [2.45, 2.75) is 31.7 Å². The van der Waals surface area contributed by atoms with Gasteiger partial charge < -0.3 is 9.32 Å². The van der Waals surface area contributed by atoms with Crippen LogP contribution in [0.1, 0.15) is 23.6 Å². The van der Waals surface area contributed by atoms with Crippen LogP contribution in [0.25, 0.3) is 5.69 Å². The first-order valence-corrected chi connectivity index (χ1v) is 10.2. The molecule has 0 bridgehead atoms. The first-order valence-electron chi connectivity index (χ1n) is 9.18. The second-order valence-electron chi connectivity index (χ2n) is 6.81. The van der Waals surface area contributed by atoms with Crippen molar-refractivity contribution in [3.05, 3.63) is 59.7 Å². The Morgan fingerprint density at radius 2 is 1.96 bits per heavy atom. The lowest BCUT2D eigenvalue weighted by molar-refractivity contribution is -0.121. The lowest BCUT2D eigenvalue weighted by Crippen LogP contribution is -2.39. The van der Waals surface area contributed by atoms with Gasteiger partial charge in [0.05, 0.1) is 29.4 Å². The van der Waals surface area contributed by atoms with Crippen molar-refractivity contribution >= 4 is 29.1 Å². The van der Waals surface area contributed by atoms with Crippen LogP contribution in [0.5, 0.6) is 0 Å². The summed E-state index contributed by atoms with van der Waals surface area (Å²) in [6.45, 7) is 3.82. The quantitative estimate of drug-likeness (QED) is 0.636. The highest BCUT2D eigenvalue weighted by Gasteiger charge is 2.32. The number of fused-ring (bicyclic) bond motifs is 1. The van der Waals surface area contributed by atoms with Crippen LogP contribution >= 0.6 is 11.8 Å². The molecule has 0 fully saturated rings. The maximum atomic E-state index is 12.6. The van der Waals surface area contributed by atoms with E-state index >= 15 is 0 Å². The van der Waals surface area contributed by atoms with E-state index in [2.05, 4.69) is 5.10 Å². The third kappa shape index (κ3) is 3.62. The van der Waals surface area contributed by atoms with Crippen molar-refractivity contribution < 1.29 is 14.0 Å². The molecule has 1 aromatic carbocycles. The monoisotopic (exact) mass is 395 g/mol. The molecule has 1 aliphatic rings. The normalized spacial score (nSPS) is 13.6. The first kappa shape index (κ1) is 18.6. The second kappa shape index (κ2) is 7.67. The van der Waals surface area contributed by atoms with Gasteiger partial charge >= 0.3 is 0 Å². The highest BCUT2D eigenvalue weighted by Crippen LogP contribution is 2.39. The third-order valence-corrected chi connectivity index (χ3v) is 5.70. The van der Waals surface area contributed by atoms with Crippen molar-refractivity contribution in [2.75, 3.05) is 17.2 Å². The zero-order chi connectivity index (χ0) is 19.7. The largest absolute Gasteiger partial charge is 0.466 e. The van der Waals surface area contributed by atoms with E-state index < -0.39 is 0 Å². The number of hydrogen-bond acceptors (Lipinski definition) is 5. The number of amides is 1. The number of aryl methyl sites for hydroxylation is 3. The van der Waals surface area contributed by atoms with Crippen LogP contribution in [0.3, 0.4) is 0 Å². The van der Waals surface area contributed by atoms with Crippen LogP contribution in [-0.2, 0) is 16.0 Å². The minimum atomic E-state index is -0.0598. The molecule has 28 heavy (non-hydrogen) atoms. The molecule has 144 valence electrons. The van der Waals surface area contributed by atoms with E-state index in [1.807, 2.05) is 61.0 Å². The number of aromatic nitrogens is 2. The Kier molecular flexibility index (Phi) is 5.09. The molecule has 0 N–H and O–H groups in total. The van der Waals surface area contributed by atoms with E-state index in [4.69, 9.17) is 4.42 Å². The molecule has 0 unspecified atom stereocenters. The summed E-state index contributed by atoms with van der Waals surface area (Å²) >= 11 is 1.47. The summed E-state index contributed by atoms with van der Waals surface area (Å²) in [4.78, 5) is 26.7. The average Bonchev–Trinajstić information content (AvgIpc) is 3.26. The number of thioether (sulfide) groups is 1. The summed E-state index contributed by atoms with van der Waals surface area (Å²) in [6.07, 6.45) is 0.879. The van der Waals surface area contributed by atoms with E-state index in [0.717, 1.165) is 33.6 Å². The van der Waals surface area contributed by atoms with Crippen LogP contribution in [-0.4, -0.2) is 33.8 Å². The fourth-order valence-corrected chi connectivity index (χ4v) is 4.40. The van der Waals surface area contributed by atoms with Crippen molar-refractivity contribution in [3.63, 3.8) is 0 Å². The number of furan rings is 1. The van der Waals surface area contributed by atoms with Gasteiger partial charge in [-0.25, -0.2) is 4.68 Å². The van der Waals surface area contributed by atoms with Gasteiger partial charge in [0.2, 0.25) is 5.91 Å². The molecule has 0 radical (unpaired) electrons. The van der Waals surface area contributed by atoms with Gasteiger partial charge in [-0.3, -0.25) is 9.59 Å². The predicted molar refractivity (Wildman–Crippen MR) is 108 cm³/mol. The topological polar surface area (TPSA) is 68.3 Å².